The second kappa shape index (κ2) is 11.3. The lowest BCUT2D eigenvalue weighted by Crippen LogP contribution is -2.39. The molecule has 1 aliphatic rings. The van der Waals surface area contributed by atoms with Crippen LogP contribution in [0.3, 0.4) is 0 Å². The van der Waals surface area contributed by atoms with Crippen molar-refractivity contribution in [2.24, 2.45) is 0 Å². The van der Waals surface area contributed by atoms with Gasteiger partial charge in [0.1, 0.15) is 12.3 Å². The van der Waals surface area contributed by atoms with Crippen LogP contribution in [0.5, 0.6) is 5.75 Å². The molecule has 1 atom stereocenters. The van der Waals surface area contributed by atoms with Crippen LogP contribution in [-0.2, 0) is 20.6 Å². The molecule has 3 aromatic carbocycles. The van der Waals surface area contributed by atoms with Gasteiger partial charge in [0, 0.05) is 22.7 Å². The molecule has 0 saturated heterocycles. The van der Waals surface area contributed by atoms with E-state index in [9.17, 15) is 9.36 Å². The molecule has 1 aliphatic heterocycles. The highest BCUT2D eigenvalue weighted by Gasteiger charge is 2.53. The molecule has 1 heterocycles. The van der Waals surface area contributed by atoms with Crippen LogP contribution in [0.15, 0.2) is 66.4 Å². The van der Waals surface area contributed by atoms with E-state index >= 15 is 0 Å². The number of quaternary nitrogens is 1. The number of rotatable bonds is 8. The van der Waals surface area contributed by atoms with Gasteiger partial charge >= 0.3 is 14.6 Å². The van der Waals surface area contributed by atoms with E-state index in [1.165, 1.54) is 6.08 Å². The van der Waals surface area contributed by atoms with Crippen molar-refractivity contribution in [1.29, 1.82) is 5.26 Å². The smallest absolute Gasteiger partial charge is 0.434 e. The monoisotopic (exact) mass is 545 g/mol. The third kappa shape index (κ3) is 4.89. The normalized spacial score (nSPS) is 16.5. The van der Waals surface area contributed by atoms with Gasteiger partial charge in [0.2, 0.25) is 5.70 Å². The van der Waals surface area contributed by atoms with E-state index in [4.69, 9.17) is 26.3 Å². The summed E-state index contributed by atoms with van der Waals surface area (Å²) >= 11 is 6.48. The Morgan fingerprint density at radius 3 is 2.47 bits per heavy atom. The largest absolute Gasteiger partial charge is 0.497 e. The van der Waals surface area contributed by atoms with Gasteiger partial charge in [-0.2, -0.15) is 9.52 Å². The minimum absolute atomic E-state index is 0.161. The first-order valence-electron chi connectivity index (χ1n) is 12.1. The fourth-order valence-electron chi connectivity index (χ4n) is 4.91. The Kier molecular flexibility index (Phi) is 8.14. The minimum Gasteiger partial charge on any atom is -0.497 e. The summed E-state index contributed by atoms with van der Waals surface area (Å²) in [5.74, 6) is 0.144. The zero-order valence-electron chi connectivity index (χ0n) is 21.6. The number of nitrogens with zero attached hydrogens (tertiary/aromatic N) is 2. The fourth-order valence-corrected chi connectivity index (χ4v) is 5.83. The summed E-state index contributed by atoms with van der Waals surface area (Å²) in [6.07, 6.45) is 3.17. The average molecular weight is 546 g/mol. The van der Waals surface area contributed by atoms with Gasteiger partial charge in [-0.05, 0) is 85.5 Å². The van der Waals surface area contributed by atoms with E-state index in [0.29, 0.717) is 27.6 Å². The summed E-state index contributed by atoms with van der Waals surface area (Å²) in [6.45, 7) is 6.03. The zero-order valence-corrected chi connectivity index (χ0v) is 23.3. The number of hydrogen-bond acceptors (Lipinski definition) is 5. The molecule has 0 N–H and O–H groups in total. The zero-order chi connectivity index (χ0) is 27.4. The van der Waals surface area contributed by atoms with Crippen molar-refractivity contribution in [3.8, 4) is 11.8 Å². The number of aryl methyl sites for hydroxylation is 1. The summed E-state index contributed by atoms with van der Waals surface area (Å²) < 4.78 is 23.9. The van der Waals surface area contributed by atoms with Crippen LogP contribution in [-0.4, -0.2) is 19.7 Å². The lowest BCUT2D eigenvalue weighted by Gasteiger charge is -2.27. The fraction of sp³-hybridized carbons (Fsp3) is 0.200. The number of halogens is 1. The Labute approximate surface area is 229 Å². The number of allylic oxidation sites excluding steroid dienone is 1. The molecule has 0 fully saturated rings. The SMILES string of the molecule is CCOC(=O)C1=C(c2cc(C)cc(/C=C/C#N)c2C)c2cc(Cl)ccc2[N+]1(Cc1ccc(OC)cc1)P=O. The highest BCUT2D eigenvalue weighted by Crippen LogP contribution is 2.54. The van der Waals surface area contributed by atoms with Gasteiger partial charge in [0.15, 0.2) is 5.69 Å². The van der Waals surface area contributed by atoms with Gasteiger partial charge in [-0.1, -0.05) is 23.7 Å². The van der Waals surface area contributed by atoms with Crippen LogP contribution in [0.2, 0.25) is 5.02 Å². The van der Waals surface area contributed by atoms with Gasteiger partial charge < -0.3 is 9.47 Å². The Morgan fingerprint density at radius 1 is 1.11 bits per heavy atom. The first kappa shape index (κ1) is 27.3. The second-order valence-corrected chi connectivity index (χ2v) is 10.2. The summed E-state index contributed by atoms with van der Waals surface area (Å²) in [5.41, 5.74) is 6.58. The Morgan fingerprint density at radius 2 is 1.84 bits per heavy atom. The van der Waals surface area contributed by atoms with E-state index in [0.717, 1.165) is 27.8 Å². The number of carbonyl (C=O) groups excluding carboxylic acids is 1. The van der Waals surface area contributed by atoms with Crippen LogP contribution in [0, 0.1) is 25.2 Å². The van der Waals surface area contributed by atoms with E-state index in [1.807, 2.05) is 62.4 Å². The van der Waals surface area contributed by atoms with Crippen molar-refractivity contribution in [3.05, 3.63) is 105 Å². The first-order chi connectivity index (χ1) is 18.3. The molecule has 3 aromatic rings. The van der Waals surface area contributed by atoms with Crippen LogP contribution in [0.4, 0.5) is 5.69 Å². The number of benzene rings is 3. The van der Waals surface area contributed by atoms with Crippen molar-refractivity contribution in [2.75, 3.05) is 13.7 Å². The van der Waals surface area contributed by atoms with E-state index in [-0.39, 0.29) is 31.7 Å². The molecule has 192 valence electrons. The number of nitriles is 1. The van der Waals surface area contributed by atoms with Crippen molar-refractivity contribution >= 4 is 43.5 Å². The molecule has 0 radical (unpaired) electrons. The van der Waals surface area contributed by atoms with Gasteiger partial charge in [0.05, 0.1) is 30.9 Å². The van der Waals surface area contributed by atoms with Crippen molar-refractivity contribution in [2.45, 2.75) is 27.3 Å². The summed E-state index contributed by atoms with van der Waals surface area (Å²) in [5, 5.41) is 9.60. The predicted molar refractivity (Wildman–Crippen MR) is 151 cm³/mol. The van der Waals surface area contributed by atoms with Crippen LogP contribution in [0.1, 0.15) is 40.3 Å². The maximum atomic E-state index is 13.8. The maximum Gasteiger partial charge on any atom is 0.434 e. The van der Waals surface area contributed by atoms with Crippen molar-refractivity contribution < 1.29 is 18.8 Å². The number of esters is 1. The number of hydrogen-bond donors (Lipinski definition) is 0. The molecular weight excluding hydrogens is 519 g/mol. The Hall–Kier alpha value is -3.75. The van der Waals surface area contributed by atoms with Gasteiger partial charge in [-0.3, -0.25) is 0 Å². The molecule has 0 saturated carbocycles. The lowest BCUT2D eigenvalue weighted by atomic mass is 9.89. The quantitative estimate of drug-likeness (QED) is 0.166. The van der Waals surface area contributed by atoms with Crippen LogP contribution >= 0.6 is 20.2 Å². The average Bonchev–Trinajstić information content (AvgIpc) is 3.18. The molecule has 0 bridgehead atoms. The molecule has 1 unspecified atom stereocenters. The number of carbonyl (C=O) groups is 1. The third-order valence-electron chi connectivity index (χ3n) is 6.61. The molecule has 38 heavy (non-hydrogen) atoms. The molecule has 0 spiro atoms. The van der Waals surface area contributed by atoms with Crippen LogP contribution < -0.4 is 8.99 Å². The third-order valence-corrected chi connectivity index (χ3v) is 7.68. The van der Waals surface area contributed by atoms with Crippen molar-refractivity contribution in [1.82, 2.24) is 4.25 Å². The highest BCUT2D eigenvalue weighted by molar-refractivity contribution is 7.24. The summed E-state index contributed by atoms with van der Waals surface area (Å²) in [6, 6.07) is 18.8. The highest BCUT2D eigenvalue weighted by atomic mass is 35.5. The van der Waals surface area contributed by atoms with Crippen LogP contribution in [0.25, 0.3) is 11.6 Å². The van der Waals surface area contributed by atoms with E-state index in [2.05, 4.69) is 0 Å². The topological polar surface area (TPSA) is 76.4 Å². The van der Waals surface area contributed by atoms with Gasteiger partial charge in [0.25, 0.3) is 0 Å². The van der Waals surface area contributed by atoms with Gasteiger partial charge in [-0.15, -0.1) is 0 Å². The summed E-state index contributed by atoms with van der Waals surface area (Å²) in [4.78, 5) is 13.8. The van der Waals surface area contributed by atoms with E-state index < -0.39 is 5.97 Å². The molecule has 0 amide bonds. The second-order valence-electron chi connectivity index (χ2n) is 8.95. The maximum absolute atomic E-state index is 13.8. The summed E-state index contributed by atoms with van der Waals surface area (Å²) in [7, 11) is 1.29. The van der Waals surface area contributed by atoms with E-state index in [1.54, 1.807) is 32.2 Å². The standard InChI is InChI=1S/C30H27ClN2O4P/c1-5-37-30(34)29-28(25-16-19(2)15-22(20(25)3)7-6-14-32)26-17-23(31)10-13-27(26)33(29,38-35)18-21-8-11-24(36-4)12-9-21/h6-13,15-17H,5,18H2,1-4H3/q+1/b7-6+. The number of methoxy groups -OCH3 is 1. The first-order valence-corrected chi connectivity index (χ1v) is 13.2. The molecule has 4 rings (SSSR count). The molecule has 0 aliphatic carbocycles. The van der Waals surface area contributed by atoms with Crippen molar-refractivity contribution in [3.63, 3.8) is 0 Å². The van der Waals surface area contributed by atoms with Gasteiger partial charge in [-0.25, -0.2) is 9.36 Å². The number of ether oxygens (including phenoxy) is 2. The molecule has 6 nitrogen and oxygen atoms in total. The molecular formula is C30H27ClN2O4P+. The number of fused-ring (bicyclic) bond motifs is 1. The predicted octanol–water partition coefficient (Wildman–Crippen LogP) is 7.55. The Balaban J connectivity index is 2.09. The molecule has 0 aromatic heterocycles. The lowest BCUT2D eigenvalue weighted by molar-refractivity contribution is -0.139. The molecule has 8 heteroatoms. The minimum atomic E-state index is -0.554. The Bertz CT molecular complexity index is 1520.